The van der Waals surface area contributed by atoms with Gasteiger partial charge in [-0.1, -0.05) is 6.92 Å². The lowest BCUT2D eigenvalue weighted by Gasteiger charge is -2.13. The molecule has 0 fully saturated rings. The summed E-state index contributed by atoms with van der Waals surface area (Å²) in [5.41, 5.74) is 2.54. The van der Waals surface area contributed by atoms with E-state index in [-0.39, 0.29) is 0 Å². The number of fused-ring (bicyclic) bond motifs is 1. The molecule has 0 unspecified atom stereocenters. The predicted molar refractivity (Wildman–Crippen MR) is 96.9 cm³/mol. The van der Waals surface area contributed by atoms with Crippen molar-refractivity contribution in [3.63, 3.8) is 0 Å². The fourth-order valence-corrected chi connectivity index (χ4v) is 2.72. The summed E-state index contributed by atoms with van der Waals surface area (Å²) in [5.74, 6) is 2.65. The normalized spacial score (nSPS) is 10.7. The van der Waals surface area contributed by atoms with Crippen LogP contribution in [0.1, 0.15) is 13.3 Å². The second kappa shape index (κ2) is 7.29. The van der Waals surface area contributed by atoms with Gasteiger partial charge in [-0.25, -0.2) is 4.98 Å². The predicted octanol–water partition coefficient (Wildman–Crippen LogP) is 3.24. The van der Waals surface area contributed by atoms with E-state index in [1.807, 2.05) is 18.2 Å². The van der Waals surface area contributed by atoms with Gasteiger partial charge in [0.05, 0.1) is 27.5 Å². The van der Waals surface area contributed by atoms with E-state index >= 15 is 0 Å². The Bertz CT molecular complexity index is 851. The van der Waals surface area contributed by atoms with E-state index in [1.54, 1.807) is 38.2 Å². The molecule has 2 aromatic heterocycles. The first-order chi connectivity index (χ1) is 12.2. The summed E-state index contributed by atoms with van der Waals surface area (Å²) >= 11 is 0. The molecule has 25 heavy (non-hydrogen) atoms. The molecule has 0 amide bonds. The van der Waals surface area contributed by atoms with Crippen LogP contribution in [0.25, 0.3) is 16.8 Å². The molecule has 0 saturated heterocycles. The average molecular weight is 342 g/mol. The number of anilines is 1. The molecule has 1 aromatic carbocycles. The number of ether oxygens (including phenoxy) is 3. The maximum absolute atomic E-state index is 5.44. The average Bonchev–Trinajstić information content (AvgIpc) is 3.09. The summed E-state index contributed by atoms with van der Waals surface area (Å²) in [6.07, 6.45) is 4.60. The van der Waals surface area contributed by atoms with Gasteiger partial charge in [-0.05, 0) is 30.2 Å². The van der Waals surface area contributed by atoms with Gasteiger partial charge >= 0.3 is 0 Å². The highest BCUT2D eigenvalue weighted by Gasteiger charge is 2.17. The van der Waals surface area contributed by atoms with Crippen LogP contribution in [-0.4, -0.2) is 42.5 Å². The van der Waals surface area contributed by atoms with Crippen molar-refractivity contribution in [1.82, 2.24) is 14.6 Å². The van der Waals surface area contributed by atoms with Crippen LogP contribution in [0.2, 0.25) is 0 Å². The van der Waals surface area contributed by atoms with E-state index in [0.717, 1.165) is 35.6 Å². The highest BCUT2D eigenvalue weighted by atomic mass is 16.5. The Morgan fingerprint density at radius 2 is 1.80 bits per heavy atom. The molecule has 0 aliphatic heterocycles. The van der Waals surface area contributed by atoms with Crippen molar-refractivity contribution in [3.8, 4) is 28.4 Å². The minimum atomic E-state index is 0.559. The van der Waals surface area contributed by atoms with Gasteiger partial charge in [0.25, 0.3) is 0 Å². The van der Waals surface area contributed by atoms with Crippen molar-refractivity contribution >= 4 is 11.5 Å². The Hall–Kier alpha value is -2.96. The molecule has 3 aromatic rings. The first-order valence-corrected chi connectivity index (χ1v) is 8.10. The van der Waals surface area contributed by atoms with E-state index in [2.05, 4.69) is 22.3 Å². The molecule has 0 aliphatic rings. The van der Waals surface area contributed by atoms with E-state index in [9.17, 15) is 0 Å². The minimum absolute atomic E-state index is 0.559. The van der Waals surface area contributed by atoms with Gasteiger partial charge in [-0.2, -0.15) is 9.61 Å². The fourth-order valence-electron chi connectivity index (χ4n) is 2.72. The van der Waals surface area contributed by atoms with Crippen molar-refractivity contribution in [1.29, 1.82) is 0 Å². The van der Waals surface area contributed by atoms with Crippen LogP contribution in [0, 0.1) is 0 Å². The number of benzene rings is 1. The van der Waals surface area contributed by atoms with Crippen molar-refractivity contribution in [2.75, 3.05) is 33.2 Å². The van der Waals surface area contributed by atoms with E-state index in [0.29, 0.717) is 17.2 Å². The third kappa shape index (κ3) is 3.05. The SMILES string of the molecule is CCCNc1ccnc2c(-c3cc(OC)c(OC)c(OC)c3)cnn12. The van der Waals surface area contributed by atoms with E-state index < -0.39 is 0 Å². The summed E-state index contributed by atoms with van der Waals surface area (Å²) in [7, 11) is 4.78. The highest BCUT2D eigenvalue weighted by molar-refractivity contribution is 5.81. The van der Waals surface area contributed by atoms with Crippen LogP contribution in [0.4, 0.5) is 5.82 Å². The monoisotopic (exact) mass is 342 g/mol. The van der Waals surface area contributed by atoms with Crippen LogP contribution in [-0.2, 0) is 0 Å². The molecular formula is C18H22N4O3. The van der Waals surface area contributed by atoms with Crippen LogP contribution in [0.3, 0.4) is 0 Å². The van der Waals surface area contributed by atoms with Gasteiger partial charge in [0.2, 0.25) is 5.75 Å². The quantitative estimate of drug-likeness (QED) is 0.711. The molecular weight excluding hydrogens is 320 g/mol. The summed E-state index contributed by atoms with van der Waals surface area (Å²) in [6, 6.07) is 5.70. The smallest absolute Gasteiger partial charge is 0.203 e. The Labute approximate surface area is 146 Å². The van der Waals surface area contributed by atoms with Gasteiger partial charge in [0, 0.05) is 18.3 Å². The molecule has 0 spiro atoms. The summed E-state index contributed by atoms with van der Waals surface area (Å²) in [5, 5.41) is 7.84. The molecule has 2 heterocycles. The Morgan fingerprint density at radius 1 is 1.08 bits per heavy atom. The van der Waals surface area contributed by atoms with Gasteiger partial charge < -0.3 is 19.5 Å². The topological polar surface area (TPSA) is 69.9 Å². The molecule has 0 bridgehead atoms. The fraction of sp³-hybridized carbons (Fsp3) is 0.333. The maximum Gasteiger partial charge on any atom is 0.203 e. The van der Waals surface area contributed by atoms with Crippen LogP contribution >= 0.6 is 0 Å². The molecule has 3 rings (SSSR count). The van der Waals surface area contributed by atoms with Crippen molar-refractivity contribution in [3.05, 3.63) is 30.6 Å². The number of nitrogens with one attached hydrogen (secondary N) is 1. The molecule has 7 heteroatoms. The first-order valence-electron chi connectivity index (χ1n) is 8.10. The lowest BCUT2D eigenvalue weighted by atomic mass is 10.1. The zero-order valence-corrected chi connectivity index (χ0v) is 14.9. The summed E-state index contributed by atoms with van der Waals surface area (Å²) in [6.45, 7) is 2.99. The third-order valence-corrected chi connectivity index (χ3v) is 3.93. The zero-order chi connectivity index (χ0) is 17.8. The Morgan fingerprint density at radius 3 is 2.40 bits per heavy atom. The van der Waals surface area contributed by atoms with Crippen LogP contribution in [0.15, 0.2) is 30.6 Å². The molecule has 0 atom stereocenters. The van der Waals surface area contributed by atoms with Crippen LogP contribution < -0.4 is 19.5 Å². The Kier molecular flexibility index (Phi) is 4.92. The van der Waals surface area contributed by atoms with Crippen molar-refractivity contribution in [2.24, 2.45) is 0 Å². The number of rotatable bonds is 7. The highest BCUT2D eigenvalue weighted by Crippen LogP contribution is 2.41. The standard InChI is InChI=1S/C18H22N4O3/c1-5-7-19-16-6-8-20-18-13(11-21-22(16)18)12-9-14(23-2)17(25-4)15(10-12)24-3/h6,8-11,19H,5,7H2,1-4H3. The van der Waals surface area contributed by atoms with Crippen molar-refractivity contribution in [2.45, 2.75) is 13.3 Å². The second-order valence-electron chi connectivity index (χ2n) is 5.46. The second-order valence-corrected chi connectivity index (χ2v) is 5.46. The van der Waals surface area contributed by atoms with Crippen molar-refractivity contribution < 1.29 is 14.2 Å². The molecule has 0 saturated carbocycles. The maximum atomic E-state index is 5.44. The van der Waals surface area contributed by atoms with Crippen LogP contribution in [0.5, 0.6) is 17.2 Å². The molecule has 0 radical (unpaired) electrons. The van der Waals surface area contributed by atoms with Gasteiger partial charge in [-0.3, -0.25) is 0 Å². The molecule has 7 nitrogen and oxygen atoms in total. The summed E-state index contributed by atoms with van der Waals surface area (Å²) in [4.78, 5) is 4.49. The van der Waals surface area contributed by atoms with E-state index in [1.165, 1.54) is 0 Å². The number of nitrogens with zero attached hydrogens (tertiary/aromatic N) is 3. The molecule has 0 aliphatic carbocycles. The lowest BCUT2D eigenvalue weighted by Crippen LogP contribution is -2.06. The number of hydrogen-bond donors (Lipinski definition) is 1. The van der Waals surface area contributed by atoms with E-state index in [4.69, 9.17) is 14.2 Å². The molecule has 132 valence electrons. The molecule has 1 N–H and O–H groups in total. The zero-order valence-electron chi connectivity index (χ0n) is 14.9. The van der Waals surface area contributed by atoms with Gasteiger partial charge in [0.15, 0.2) is 17.1 Å². The van der Waals surface area contributed by atoms with Gasteiger partial charge in [-0.15, -0.1) is 0 Å². The minimum Gasteiger partial charge on any atom is -0.493 e. The number of methoxy groups -OCH3 is 3. The largest absolute Gasteiger partial charge is 0.493 e. The first kappa shape index (κ1) is 16.9. The number of aromatic nitrogens is 3. The summed E-state index contributed by atoms with van der Waals surface area (Å²) < 4.78 is 18.1. The van der Waals surface area contributed by atoms with Gasteiger partial charge in [0.1, 0.15) is 5.82 Å². The number of hydrogen-bond acceptors (Lipinski definition) is 6. The lowest BCUT2D eigenvalue weighted by molar-refractivity contribution is 0.324. The Balaban J connectivity index is 2.14. The third-order valence-electron chi connectivity index (χ3n) is 3.93.